The van der Waals surface area contributed by atoms with Crippen LogP contribution in [0.25, 0.3) is 0 Å². The van der Waals surface area contributed by atoms with Gasteiger partial charge < -0.3 is 19.5 Å². The number of nitrogens with one attached hydrogen (secondary N) is 1. The van der Waals surface area contributed by atoms with Gasteiger partial charge in [-0.1, -0.05) is 0 Å². The molecule has 1 heterocycles. The second-order valence-corrected chi connectivity index (χ2v) is 7.25. The number of thiophene rings is 1. The number of esters is 1. The van der Waals surface area contributed by atoms with E-state index >= 15 is 0 Å². The number of carbonyl (C=O) groups excluding carboxylic acids is 3. The van der Waals surface area contributed by atoms with E-state index in [1.54, 1.807) is 19.1 Å². The lowest BCUT2D eigenvalue weighted by atomic mass is 10.1. The molecule has 0 aliphatic heterocycles. The third kappa shape index (κ3) is 4.17. The molecule has 0 fully saturated rings. The average Bonchev–Trinajstić information content (AvgIpc) is 3.27. The fourth-order valence-corrected chi connectivity index (χ4v) is 4.39. The fraction of sp³-hybridized carbons (Fsp3) is 0.350. The normalized spacial score (nSPS) is 12.2. The zero-order valence-corrected chi connectivity index (χ0v) is 16.5. The Balaban J connectivity index is 1.71. The maximum absolute atomic E-state index is 12.4. The average molecular weight is 403 g/mol. The van der Waals surface area contributed by atoms with Crippen molar-refractivity contribution in [1.29, 1.82) is 0 Å². The minimum absolute atomic E-state index is 0.270. The number of hydrogen-bond donors (Lipinski definition) is 1. The van der Waals surface area contributed by atoms with Crippen LogP contribution in [0.5, 0.6) is 11.5 Å². The third-order valence-corrected chi connectivity index (χ3v) is 5.56. The van der Waals surface area contributed by atoms with Gasteiger partial charge in [0.15, 0.2) is 12.9 Å². The van der Waals surface area contributed by atoms with Gasteiger partial charge in [-0.15, -0.1) is 11.3 Å². The first-order chi connectivity index (χ1) is 13.6. The Labute approximate surface area is 166 Å². The number of methoxy groups -OCH3 is 1. The summed E-state index contributed by atoms with van der Waals surface area (Å²) in [5.41, 5.74) is 1.71. The van der Waals surface area contributed by atoms with Crippen LogP contribution in [-0.4, -0.2) is 38.5 Å². The summed E-state index contributed by atoms with van der Waals surface area (Å²) in [7, 11) is 1.50. The molecule has 0 spiro atoms. The first kappa shape index (κ1) is 19.9. The Kier molecular flexibility index (Phi) is 6.30. The van der Waals surface area contributed by atoms with E-state index in [1.807, 2.05) is 0 Å². The van der Waals surface area contributed by atoms with Crippen LogP contribution in [0.2, 0.25) is 0 Å². The highest BCUT2D eigenvalue weighted by Crippen LogP contribution is 2.39. The summed E-state index contributed by atoms with van der Waals surface area (Å²) in [5.74, 6) is -0.0361. The monoisotopic (exact) mass is 403 g/mol. The number of anilines is 1. The number of benzene rings is 1. The zero-order chi connectivity index (χ0) is 20.1. The minimum atomic E-state index is -0.420. The lowest BCUT2D eigenvalue weighted by Gasteiger charge is -2.11. The van der Waals surface area contributed by atoms with Crippen LogP contribution in [0.1, 0.15) is 44.5 Å². The molecule has 28 heavy (non-hydrogen) atoms. The standard InChI is InChI=1S/C20H21NO6S/c1-3-26-20(24)18-14-5-4-6-16(14)28-19(18)21-17(23)11-27-15-8-7-13(25-2)9-12(15)10-22/h7-10H,3-6,11H2,1-2H3,(H,21,23). The molecule has 0 atom stereocenters. The number of fused-ring (bicyclic) bond motifs is 1. The van der Waals surface area contributed by atoms with E-state index in [0.717, 1.165) is 29.7 Å². The Hall–Kier alpha value is -2.87. The molecule has 2 aromatic rings. The van der Waals surface area contributed by atoms with Crippen molar-refractivity contribution in [3.63, 3.8) is 0 Å². The SMILES string of the molecule is CCOC(=O)c1c(NC(=O)COc2ccc(OC)cc2C=O)sc2c1CCC2. The number of hydrogen-bond acceptors (Lipinski definition) is 7. The Morgan fingerprint density at radius 3 is 2.82 bits per heavy atom. The fourth-order valence-electron chi connectivity index (χ4n) is 3.09. The van der Waals surface area contributed by atoms with Crippen molar-refractivity contribution in [2.45, 2.75) is 26.2 Å². The quantitative estimate of drug-likeness (QED) is 0.537. The van der Waals surface area contributed by atoms with Crippen LogP contribution in [0, 0.1) is 0 Å². The third-order valence-electron chi connectivity index (χ3n) is 4.36. The van der Waals surface area contributed by atoms with Crippen LogP contribution < -0.4 is 14.8 Å². The van der Waals surface area contributed by atoms with Crippen molar-refractivity contribution >= 4 is 34.5 Å². The molecule has 1 aliphatic rings. The zero-order valence-electron chi connectivity index (χ0n) is 15.7. The van der Waals surface area contributed by atoms with Crippen LogP contribution in [0.15, 0.2) is 18.2 Å². The van der Waals surface area contributed by atoms with Gasteiger partial charge in [0.05, 0.1) is 24.8 Å². The summed E-state index contributed by atoms with van der Waals surface area (Å²) in [5, 5.41) is 3.24. The number of aryl methyl sites for hydroxylation is 1. The molecule has 3 rings (SSSR count). The molecule has 0 radical (unpaired) electrons. The highest BCUT2D eigenvalue weighted by molar-refractivity contribution is 7.17. The lowest BCUT2D eigenvalue weighted by molar-refractivity contribution is -0.118. The Bertz CT molecular complexity index is 904. The van der Waals surface area contributed by atoms with Gasteiger partial charge in [-0.25, -0.2) is 4.79 Å². The molecule has 1 amide bonds. The maximum Gasteiger partial charge on any atom is 0.341 e. The number of rotatable bonds is 8. The van der Waals surface area contributed by atoms with E-state index in [0.29, 0.717) is 22.6 Å². The van der Waals surface area contributed by atoms with Crippen molar-refractivity contribution in [2.75, 3.05) is 25.6 Å². The summed E-state index contributed by atoms with van der Waals surface area (Å²) < 4.78 is 15.7. The van der Waals surface area contributed by atoms with Crippen LogP contribution in [-0.2, 0) is 22.4 Å². The van der Waals surface area contributed by atoms with Crippen LogP contribution in [0.4, 0.5) is 5.00 Å². The van der Waals surface area contributed by atoms with E-state index < -0.39 is 11.9 Å². The molecule has 1 N–H and O–H groups in total. The second-order valence-electron chi connectivity index (χ2n) is 6.14. The first-order valence-corrected chi connectivity index (χ1v) is 9.76. The number of amides is 1. The molecule has 0 bridgehead atoms. The van der Waals surface area contributed by atoms with E-state index in [-0.39, 0.29) is 24.5 Å². The molecule has 148 valence electrons. The summed E-state index contributed by atoms with van der Waals surface area (Å²) in [6, 6.07) is 4.74. The lowest BCUT2D eigenvalue weighted by Crippen LogP contribution is -2.21. The molecule has 0 saturated carbocycles. The van der Waals surface area contributed by atoms with Gasteiger partial charge in [-0.2, -0.15) is 0 Å². The van der Waals surface area contributed by atoms with Gasteiger partial charge in [0.25, 0.3) is 5.91 Å². The van der Waals surface area contributed by atoms with Crippen LogP contribution >= 0.6 is 11.3 Å². The highest BCUT2D eigenvalue weighted by Gasteiger charge is 2.28. The summed E-state index contributed by atoms with van der Waals surface area (Å²) in [4.78, 5) is 37.0. The molecular weight excluding hydrogens is 382 g/mol. The molecule has 7 nitrogen and oxygen atoms in total. The topological polar surface area (TPSA) is 90.9 Å². The van der Waals surface area contributed by atoms with Crippen molar-refractivity contribution < 1.29 is 28.6 Å². The molecule has 8 heteroatoms. The first-order valence-electron chi connectivity index (χ1n) is 8.94. The van der Waals surface area contributed by atoms with Gasteiger partial charge >= 0.3 is 5.97 Å². The van der Waals surface area contributed by atoms with Gasteiger partial charge in [0.2, 0.25) is 0 Å². The maximum atomic E-state index is 12.4. The molecule has 1 aliphatic carbocycles. The number of carbonyl (C=O) groups is 3. The van der Waals surface area contributed by atoms with Crippen LogP contribution in [0.3, 0.4) is 0 Å². The van der Waals surface area contributed by atoms with Crippen molar-refractivity contribution in [3.05, 3.63) is 39.8 Å². The molecule has 1 aromatic carbocycles. The van der Waals surface area contributed by atoms with E-state index in [1.165, 1.54) is 24.5 Å². The van der Waals surface area contributed by atoms with Crippen molar-refractivity contribution in [3.8, 4) is 11.5 Å². The predicted molar refractivity (Wildman–Crippen MR) is 105 cm³/mol. The van der Waals surface area contributed by atoms with Crippen molar-refractivity contribution in [1.82, 2.24) is 0 Å². The number of aldehydes is 1. The van der Waals surface area contributed by atoms with E-state index in [2.05, 4.69) is 5.32 Å². The molecule has 1 aromatic heterocycles. The van der Waals surface area contributed by atoms with E-state index in [9.17, 15) is 14.4 Å². The van der Waals surface area contributed by atoms with Gasteiger partial charge in [-0.05, 0) is 49.9 Å². The van der Waals surface area contributed by atoms with Gasteiger partial charge in [-0.3, -0.25) is 9.59 Å². The van der Waals surface area contributed by atoms with E-state index in [4.69, 9.17) is 14.2 Å². The van der Waals surface area contributed by atoms with Crippen molar-refractivity contribution in [2.24, 2.45) is 0 Å². The Morgan fingerprint density at radius 1 is 1.29 bits per heavy atom. The molecular formula is C20H21NO6S. The summed E-state index contributed by atoms with van der Waals surface area (Å²) in [6.45, 7) is 1.72. The van der Waals surface area contributed by atoms with Gasteiger partial charge in [0, 0.05) is 4.88 Å². The summed E-state index contributed by atoms with van der Waals surface area (Å²) >= 11 is 1.40. The largest absolute Gasteiger partial charge is 0.497 e. The predicted octanol–water partition coefficient (Wildman–Crippen LogP) is 3.25. The second kappa shape index (κ2) is 8.88. The Morgan fingerprint density at radius 2 is 2.11 bits per heavy atom. The van der Waals surface area contributed by atoms with Gasteiger partial charge in [0.1, 0.15) is 16.5 Å². The smallest absolute Gasteiger partial charge is 0.341 e. The summed E-state index contributed by atoms with van der Waals surface area (Å²) in [6.07, 6.45) is 3.34. The number of ether oxygens (including phenoxy) is 3. The molecule has 0 unspecified atom stereocenters. The molecule has 0 saturated heterocycles. The minimum Gasteiger partial charge on any atom is -0.497 e. The highest BCUT2D eigenvalue weighted by atomic mass is 32.1.